The second-order valence-electron chi connectivity index (χ2n) is 5.06. The first-order chi connectivity index (χ1) is 10.1. The van der Waals surface area contributed by atoms with E-state index in [0.29, 0.717) is 0 Å². The molecule has 1 rings (SSSR count). The fourth-order valence-corrected chi connectivity index (χ4v) is 2.26. The van der Waals surface area contributed by atoms with Gasteiger partial charge in [0.25, 0.3) is 0 Å². The Labute approximate surface area is 173 Å². The van der Waals surface area contributed by atoms with Crippen LogP contribution >= 0.6 is 0 Å². The maximum Gasteiger partial charge on any atom is 1.00 e. The topological polar surface area (TPSA) is 211 Å². The number of carbonyl (C=O) groups is 1. The molecular formula is C11H19KO11. The van der Waals surface area contributed by atoms with E-state index in [0.717, 1.165) is 0 Å². The number of hydrogen-bond acceptors (Lipinski definition) is 11. The third-order valence-electron chi connectivity index (χ3n) is 3.66. The maximum atomic E-state index is 11.2. The van der Waals surface area contributed by atoms with E-state index in [4.69, 9.17) is 14.9 Å². The molecule has 0 aliphatic carbocycles. The zero-order valence-electron chi connectivity index (χ0n) is 12.3. The van der Waals surface area contributed by atoms with Gasteiger partial charge in [-0.05, 0) is 0 Å². The van der Waals surface area contributed by atoms with Crippen molar-refractivity contribution < 1.29 is 107 Å². The van der Waals surface area contributed by atoms with Gasteiger partial charge in [0.1, 0.15) is 42.7 Å². The Morgan fingerprint density at radius 2 is 1.65 bits per heavy atom. The van der Waals surface area contributed by atoms with Crippen LogP contribution in [0.4, 0.5) is 0 Å². The first-order valence-electron chi connectivity index (χ1n) is 6.34. The van der Waals surface area contributed by atoms with Crippen molar-refractivity contribution in [1.82, 2.24) is 0 Å². The van der Waals surface area contributed by atoms with Crippen LogP contribution in [0.15, 0.2) is 0 Å². The summed E-state index contributed by atoms with van der Waals surface area (Å²) in [6.45, 7) is -2.03. The van der Waals surface area contributed by atoms with Crippen molar-refractivity contribution in [3.63, 3.8) is 0 Å². The van der Waals surface area contributed by atoms with Crippen molar-refractivity contribution in [2.24, 2.45) is 0 Å². The molecular weight excluding hydrogens is 347 g/mol. The van der Waals surface area contributed by atoms with Crippen LogP contribution in [-0.2, 0) is 9.53 Å². The smallest absolute Gasteiger partial charge is 0.547 e. The molecule has 0 aromatic carbocycles. The second-order valence-corrected chi connectivity index (χ2v) is 5.06. The molecule has 8 atom stereocenters. The number of aliphatic hydroxyl groups is 8. The van der Waals surface area contributed by atoms with Crippen LogP contribution in [0.2, 0.25) is 0 Å². The Morgan fingerprint density at radius 1 is 1.13 bits per heavy atom. The fraction of sp³-hybridized carbons (Fsp3) is 0.909. The number of ether oxygens (including phenoxy) is 1. The quantitative estimate of drug-likeness (QED) is 0.207. The third kappa shape index (κ3) is 4.48. The SMILES string of the molecule is O=C([O-])[C@](O)(C1O[C@H](CO)[C@@H](O)[C@H](O)[C@H]1O)[C@H](O)[C@H](O)CO.[K+]. The number of hydrogen-bond donors (Lipinski definition) is 8. The molecule has 11 nitrogen and oxygen atoms in total. The van der Waals surface area contributed by atoms with Crippen molar-refractivity contribution in [2.75, 3.05) is 13.2 Å². The summed E-state index contributed by atoms with van der Waals surface area (Å²) < 4.78 is 4.84. The molecule has 8 N–H and O–H groups in total. The Hall–Kier alpha value is 0.746. The van der Waals surface area contributed by atoms with Gasteiger partial charge >= 0.3 is 51.4 Å². The predicted octanol–water partition coefficient (Wildman–Crippen LogP) is -9.97. The average molecular weight is 366 g/mol. The molecule has 130 valence electrons. The van der Waals surface area contributed by atoms with Gasteiger partial charge in [0, 0.05) is 0 Å². The zero-order chi connectivity index (χ0) is 17.2. The van der Waals surface area contributed by atoms with Gasteiger partial charge in [-0.25, -0.2) is 0 Å². The van der Waals surface area contributed by atoms with Gasteiger partial charge in [0.05, 0.1) is 19.2 Å². The molecule has 12 heteroatoms. The van der Waals surface area contributed by atoms with Gasteiger partial charge in [-0.1, -0.05) is 0 Å². The number of carbonyl (C=O) groups excluding carboxylic acids is 1. The molecule has 1 aliphatic rings. The van der Waals surface area contributed by atoms with Crippen molar-refractivity contribution in [3.05, 3.63) is 0 Å². The van der Waals surface area contributed by atoms with Crippen LogP contribution in [0, 0.1) is 0 Å². The maximum absolute atomic E-state index is 11.2. The molecule has 1 unspecified atom stereocenters. The monoisotopic (exact) mass is 366 g/mol. The summed E-state index contributed by atoms with van der Waals surface area (Å²) in [5, 5.41) is 87.1. The number of carboxylic acids is 1. The molecule has 0 radical (unpaired) electrons. The van der Waals surface area contributed by atoms with Crippen molar-refractivity contribution >= 4 is 5.97 Å². The summed E-state index contributed by atoms with van der Waals surface area (Å²) in [5.74, 6) is -2.36. The van der Waals surface area contributed by atoms with Crippen LogP contribution in [-0.4, -0.2) is 108 Å². The average Bonchev–Trinajstić information content (AvgIpc) is 2.50. The Morgan fingerprint density at radius 3 is 2.04 bits per heavy atom. The summed E-state index contributed by atoms with van der Waals surface area (Å²) in [6.07, 6.45) is -14.5. The van der Waals surface area contributed by atoms with Gasteiger partial charge in [-0.2, -0.15) is 0 Å². The standard InChI is InChI=1S/C11H20O11.K/c12-1-3(14)8(18)11(21,10(19)20)9-7(17)6(16)5(15)4(2-13)22-9;/h3-9,12-18,21H,1-2H2,(H,19,20);/q;+1/p-1/t3-,4-,5-,6+,7-,8-,9?,11-;/m1./s1. The van der Waals surface area contributed by atoms with Gasteiger partial charge in [0.2, 0.25) is 0 Å². The predicted molar refractivity (Wildman–Crippen MR) is 62.8 cm³/mol. The molecule has 0 saturated carbocycles. The molecule has 1 fully saturated rings. The first kappa shape index (κ1) is 23.7. The Bertz CT molecular complexity index is 394. The molecule has 1 aliphatic heterocycles. The molecule has 0 bridgehead atoms. The number of aliphatic carboxylic acids is 1. The molecule has 0 spiro atoms. The largest absolute Gasteiger partial charge is 1.00 e. The summed E-state index contributed by atoms with van der Waals surface area (Å²) in [6, 6.07) is 0. The van der Waals surface area contributed by atoms with E-state index in [2.05, 4.69) is 0 Å². The normalized spacial score (nSPS) is 36.4. The van der Waals surface area contributed by atoms with Gasteiger partial charge in [-0.3, -0.25) is 0 Å². The van der Waals surface area contributed by atoms with E-state index >= 15 is 0 Å². The van der Waals surface area contributed by atoms with Crippen LogP contribution in [0.1, 0.15) is 0 Å². The van der Waals surface area contributed by atoms with Gasteiger partial charge in [-0.15, -0.1) is 0 Å². The minimum atomic E-state index is -3.43. The van der Waals surface area contributed by atoms with E-state index in [1.165, 1.54) is 0 Å². The minimum absolute atomic E-state index is 0. The zero-order valence-corrected chi connectivity index (χ0v) is 15.4. The van der Waals surface area contributed by atoms with Crippen LogP contribution in [0.25, 0.3) is 0 Å². The van der Waals surface area contributed by atoms with Crippen LogP contribution in [0.5, 0.6) is 0 Å². The second kappa shape index (κ2) is 9.45. The molecule has 1 saturated heterocycles. The fourth-order valence-electron chi connectivity index (χ4n) is 2.26. The van der Waals surface area contributed by atoms with E-state index < -0.39 is 67.5 Å². The van der Waals surface area contributed by atoms with Crippen molar-refractivity contribution in [2.45, 2.75) is 48.3 Å². The number of carboxylic acid groups (broad SMARTS) is 1. The number of aliphatic hydroxyl groups excluding tert-OH is 7. The Kier molecular flexibility index (Phi) is 9.75. The minimum Gasteiger partial charge on any atom is -0.547 e. The van der Waals surface area contributed by atoms with E-state index in [1.54, 1.807) is 0 Å². The summed E-state index contributed by atoms with van der Waals surface area (Å²) >= 11 is 0. The van der Waals surface area contributed by atoms with Gasteiger partial charge < -0.3 is 55.5 Å². The molecule has 0 aromatic heterocycles. The van der Waals surface area contributed by atoms with E-state index in [-0.39, 0.29) is 51.4 Å². The number of rotatable bonds is 6. The van der Waals surface area contributed by atoms with Crippen molar-refractivity contribution in [3.8, 4) is 0 Å². The molecule has 1 heterocycles. The van der Waals surface area contributed by atoms with Crippen LogP contribution < -0.4 is 56.5 Å². The van der Waals surface area contributed by atoms with Crippen molar-refractivity contribution in [1.29, 1.82) is 0 Å². The van der Waals surface area contributed by atoms with Gasteiger partial charge in [0.15, 0.2) is 5.60 Å². The third-order valence-corrected chi connectivity index (χ3v) is 3.66. The van der Waals surface area contributed by atoms with E-state index in [9.17, 15) is 40.5 Å². The van der Waals surface area contributed by atoms with E-state index in [1.807, 2.05) is 0 Å². The Balaban J connectivity index is 0.00000484. The summed E-state index contributed by atoms with van der Waals surface area (Å²) in [7, 11) is 0. The molecule has 23 heavy (non-hydrogen) atoms. The summed E-state index contributed by atoms with van der Waals surface area (Å²) in [4.78, 5) is 11.2. The molecule has 0 aromatic rings. The first-order valence-corrected chi connectivity index (χ1v) is 6.34. The molecule has 0 amide bonds. The van der Waals surface area contributed by atoms with Crippen LogP contribution in [0.3, 0.4) is 0 Å². The summed E-state index contributed by atoms with van der Waals surface area (Å²) in [5.41, 5.74) is -3.43.